The van der Waals surface area contributed by atoms with Gasteiger partial charge in [0, 0.05) is 31.9 Å². The third-order valence-electron chi connectivity index (χ3n) is 5.87. The molecule has 1 aromatic carbocycles. The van der Waals surface area contributed by atoms with Crippen molar-refractivity contribution in [1.29, 1.82) is 0 Å². The number of benzene rings is 1. The monoisotopic (exact) mass is 350 g/mol. The van der Waals surface area contributed by atoms with E-state index in [1.165, 1.54) is 5.56 Å². The van der Waals surface area contributed by atoms with E-state index in [1.807, 2.05) is 36.7 Å². The van der Waals surface area contributed by atoms with Crippen LogP contribution in [-0.4, -0.2) is 45.3 Å². The van der Waals surface area contributed by atoms with E-state index in [1.54, 1.807) is 0 Å². The van der Waals surface area contributed by atoms with Gasteiger partial charge in [-0.1, -0.05) is 30.3 Å². The molecule has 0 atom stereocenters. The summed E-state index contributed by atoms with van der Waals surface area (Å²) in [4.78, 5) is 25.6. The van der Waals surface area contributed by atoms with Crippen molar-refractivity contribution >= 4 is 5.91 Å². The molecule has 0 saturated carbocycles. The zero-order valence-electron chi connectivity index (χ0n) is 15.2. The summed E-state index contributed by atoms with van der Waals surface area (Å²) in [5.41, 5.74) is 1.51. The third kappa shape index (κ3) is 3.93. The standard InChI is InChI=1S/C21H26N4O/c26-20-7-8-21(17-25(20)15-18-5-2-1-3-6-18)9-13-24(14-10-21)16-19-22-11-4-12-23-19/h1-6,11-12H,7-10,13-17H2. The van der Waals surface area contributed by atoms with Gasteiger partial charge in [0.2, 0.25) is 5.91 Å². The van der Waals surface area contributed by atoms with Gasteiger partial charge >= 0.3 is 0 Å². The molecule has 2 aromatic rings. The van der Waals surface area contributed by atoms with Crippen molar-refractivity contribution < 1.29 is 4.79 Å². The summed E-state index contributed by atoms with van der Waals surface area (Å²) in [6.45, 7) is 4.58. The highest BCUT2D eigenvalue weighted by Gasteiger charge is 2.40. The topological polar surface area (TPSA) is 49.3 Å². The fraction of sp³-hybridized carbons (Fsp3) is 0.476. The summed E-state index contributed by atoms with van der Waals surface area (Å²) in [5.74, 6) is 1.20. The summed E-state index contributed by atoms with van der Waals surface area (Å²) in [5, 5.41) is 0. The number of piperidine rings is 2. The summed E-state index contributed by atoms with van der Waals surface area (Å²) >= 11 is 0. The van der Waals surface area contributed by atoms with E-state index in [4.69, 9.17) is 0 Å². The molecule has 0 radical (unpaired) electrons. The Kier molecular flexibility index (Phi) is 4.98. The van der Waals surface area contributed by atoms with Crippen molar-refractivity contribution in [2.45, 2.75) is 38.8 Å². The number of nitrogens with zero attached hydrogens (tertiary/aromatic N) is 4. The number of hydrogen-bond acceptors (Lipinski definition) is 4. The lowest BCUT2D eigenvalue weighted by Gasteiger charge is -2.47. The molecule has 5 nitrogen and oxygen atoms in total. The largest absolute Gasteiger partial charge is 0.338 e. The van der Waals surface area contributed by atoms with E-state index in [9.17, 15) is 4.79 Å². The van der Waals surface area contributed by atoms with Crippen LogP contribution in [0.4, 0.5) is 0 Å². The van der Waals surface area contributed by atoms with Gasteiger partial charge in [0.15, 0.2) is 0 Å². The lowest BCUT2D eigenvalue weighted by Crippen LogP contribution is -2.51. The van der Waals surface area contributed by atoms with Crippen LogP contribution in [0.1, 0.15) is 37.1 Å². The van der Waals surface area contributed by atoms with Crippen LogP contribution in [0.15, 0.2) is 48.8 Å². The maximum atomic E-state index is 12.4. The van der Waals surface area contributed by atoms with E-state index < -0.39 is 0 Å². The summed E-state index contributed by atoms with van der Waals surface area (Å²) < 4.78 is 0. The van der Waals surface area contributed by atoms with Gasteiger partial charge in [-0.3, -0.25) is 9.69 Å². The number of carbonyl (C=O) groups excluding carboxylic acids is 1. The molecule has 2 fully saturated rings. The van der Waals surface area contributed by atoms with Crippen LogP contribution in [0, 0.1) is 5.41 Å². The van der Waals surface area contributed by atoms with Crippen LogP contribution in [-0.2, 0) is 17.9 Å². The molecule has 1 amide bonds. The van der Waals surface area contributed by atoms with Crippen molar-refractivity contribution in [3.05, 3.63) is 60.2 Å². The third-order valence-corrected chi connectivity index (χ3v) is 5.87. The SMILES string of the molecule is O=C1CCC2(CCN(Cc3ncccn3)CC2)CN1Cc1ccccc1. The summed E-state index contributed by atoms with van der Waals surface area (Å²) in [6, 6.07) is 12.2. The molecule has 5 heteroatoms. The Morgan fingerprint density at radius 3 is 2.38 bits per heavy atom. The summed E-state index contributed by atoms with van der Waals surface area (Å²) in [7, 11) is 0. The van der Waals surface area contributed by atoms with Crippen molar-refractivity contribution in [1.82, 2.24) is 19.8 Å². The first-order valence-corrected chi connectivity index (χ1v) is 9.52. The smallest absolute Gasteiger partial charge is 0.222 e. The van der Waals surface area contributed by atoms with Crippen LogP contribution in [0.25, 0.3) is 0 Å². The Bertz CT molecular complexity index is 726. The van der Waals surface area contributed by atoms with Gasteiger partial charge in [0.05, 0.1) is 6.54 Å². The van der Waals surface area contributed by atoms with Crippen molar-refractivity contribution in [3.63, 3.8) is 0 Å². The Hall–Kier alpha value is -2.27. The average Bonchev–Trinajstić information content (AvgIpc) is 2.69. The minimum atomic E-state index is 0.288. The van der Waals surface area contributed by atoms with E-state index in [0.717, 1.165) is 57.8 Å². The highest BCUT2D eigenvalue weighted by Crippen LogP contribution is 2.40. The van der Waals surface area contributed by atoms with E-state index in [0.29, 0.717) is 12.3 Å². The molecular formula is C21H26N4O. The lowest BCUT2D eigenvalue weighted by molar-refractivity contribution is -0.140. The maximum Gasteiger partial charge on any atom is 0.222 e. The normalized spacial score (nSPS) is 20.5. The Morgan fingerprint density at radius 1 is 0.923 bits per heavy atom. The van der Waals surface area contributed by atoms with Gasteiger partial charge in [-0.25, -0.2) is 9.97 Å². The molecule has 136 valence electrons. The van der Waals surface area contributed by atoms with Gasteiger partial charge in [-0.15, -0.1) is 0 Å². The Morgan fingerprint density at radius 2 is 1.65 bits per heavy atom. The molecule has 2 aliphatic rings. The predicted octanol–water partition coefficient (Wildman–Crippen LogP) is 2.88. The van der Waals surface area contributed by atoms with Crippen LogP contribution in [0.2, 0.25) is 0 Å². The second-order valence-electron chi connectivity index (χ2n) is 7.68. The molecule has 4 rings (SSSR count). The first kappa shape index (κ1) is 17.2. The minimum Gasteiger partial charge on any atom is -0.338 e. The number of likely N-dealkylation sites (tertiary alicyclic amines) is 2. The quantitative estimate of drug-likeness (QED) is 0.851. The van der Waals surface area contributed by atoms with Crippen LogP contribution in [0.3, 0.4) is 0 Å². The number of amides is 1. The highest BCUT2D eigenvalue weighted by molar-refractivity contribution is 5.77. The predicted molar refractivity (Wildman–Crippen MR) is 100 cm³/mol. The van der Waals surface area contributed by atoms with E-state index in [-0.39, 0.29) is 5.41 Å². The molecule has 0 aliphatic carbocycles. The minimum absolute atomic E-state index is 0.288. The lowest BCUT2D eigenvalue weighted by atomic mass is 9.72. The van der Waals surface area contributed by atoms with E-state index >= 15 is 0 Å². The Labute approximate surface area is 155 Å². The second kappa shape index (κ2) is 7.54. The highest BCUT2D eigenvalue weighted by atomic mass is 16.2. The first-order chi connectivity index (χ1) is 12.7. The number of hydrogen-bond donors (Lipinski definition) is 0. The zero-order chi connectivity index (χ0) is 17.8. The average molecular weight is 350 g/mol. The summed E-state index contributed by atoms with van der Waals surface area (Å²) in [6.07, 6.45) is 7.64. The van der Waals surface area contributed by atoms with Gasteiger partial charge in [-0.2, -0.15) is 0 Å². The molecule has 1 aromatic heterocycles. The zero-order valence-corrected chi connectivity index (χ0v) is 15.2. The molecule has 26 heavy (non-hydrogen) atoms. The molecule has 3 heterocycles. The molecule has 0 unspecified atom stereocenters. The molecule has 2 saturated heterocycles. The molecule has 0 N–H and O–H groups in total. The van der Waals surface area contributed by atoms with Crippen LogP contribution >= 0.6 is 0 Å². The fourth-order valence-corrected chi connectivity index (χ4v) is 4.26. The number of aromatic nitrogens is 2. The van der Waals surface area contributed by atoms with Gasteiger partial charge in [0.25, 0.3) is 0 Å². The van der Waals surface area contributed by atoms with Gasteiger partial charge < -0.3 is 4.90 Å². The number of carbonyl (C=O) groups is 1. The van der Waals surface area contributed by atoms with Gasteiger partial charge in [-0.05, 0) is 49.4 Å². The molecule has 1 spiro atoms. The van der Waals surface area contributed by atoms with E-state index in [2.05, 4.69) is 31.9 Å². The molecular weight excluding hydrogens is 324 g/mol. The van der Waals surface area contributed by atoms with Crippen LogP contribution in [0.5, 0.6) is 0 Å². The maximum absolute atomic E-state index is 12.4. The fourth-order valence-electron chi connectivity index (χ4n) is 4.26. The van der Waals surface area contributed by atoms with Crippen molar-refractivity contribution in [2.24, 2.45) is 5.41 Å². The van der Waals surface area contributed by atoms with Gasteiger partial charge in [0.1, 0.15) is 5.82 Å². The second-order valence-corrected chi connectivity index (χ2v) is 7.68. The molecule has 2 aliphatic heterocycles. The van der Waals surface area contributed by atoms with Crippen molar-refractivity contribution in [2.75, 3.05) is 19.6 Å². The Balaban J connectivity index is 1.36. The van der Waals surface area contributed by atoms with Crippen LogP contribution < -0.4 is 0 Å². The molecule has 0 bridgehead atoms. The number of rotatable bonds is 4. The van der Waals surface area contributed by atoms with Crippen molar-refractivity contribution in [3.8, 4) is 0 Å². The first-order valence-electron chi connectivity index (χ1n) is 9.52.